The first-order chi connectivity index (χ1) is 5.86. The van der Waals surface area contributed by atoms with Crippen molar-refractivity contribution in [2.75, 3.05) is 13.9 Å². The molecular weight excluding hydrogens is 154 g/mol. The molecule has 0 saturated heterocycles. The SMILES string of the molecule is COCOC1CCC(C#N)CC1. The van der Waals surface area contributed by atoms with Gasteiger partial charge in [0, 0.05) is 13.0 Å². The monoisotopic (exact) mass is 169 g/mol. The molecule has 3 heteroatoms. The third-order valence-electron chi connectivity index (χ3n) is 2.28. The van der Waals surface area contributed by atoms with Crippen LogP contribution in [0.3, 0.4) is 0 Å². The molecule has 0 unspecified atom stereocenters. The van der Waals surface area contributed by atoms with Crippen LogP contribution in [0.5, 0.6) is 0 Å². The van der Waals surface area contributed by atoms with E-state index < -0.39 is 0 Å². The van der Waals surface area contributed by atoms with E-state index >= 15 is 0 Å². The fraction of sp³-hybridized carbons (Fsp3) is 0.889. The second kappa shape index (κ2) is 5.13. The zero-order valence-corrected chi connectivity index (χ0v) is 7.45. The lowest BCUT2D eigenvalue weighted by molar-refractivity contribution is -0.0840. The van der Waals surface area contributed by atoms with Crippen molar-refractivity contribution in [2.45, 2.75) is 31.8 Å². The summed E-state index contributed by atoms with van der Waals surface area (Å²) < 4.78 is 10.2. The second-order valence-electron chi connectivity index (χ2n) is 3.18. The lowest BCUT2D eigenvalue weighted by Gasteiger charge is -2.24. The number of hydrogen-bond acceptors (Lipinski definition) is 3. The van der Waals surface area contributed by atoms with Gasteiger partial charge in [0.25, 0.3) is 0 Å². The zero-order chi connectivity index (χ0) is 8.81. The summed E-state index contributed by atoms with van der Waals surface area (Å²) in [7, 11) is 1.63. The molecule has 0 aromatic carbocycles. The number of hydrogen-bond donors (Lipinski definition) is 0. The maximum Gasteiger partial charge on any atom is 0.146 e. The Kier molecular flexibility index (Phi) is 4.06. The molecule has 1 aliphatic rings. The van der Waals surface area contributed by atoms with Crippen LogP contribution >= 0.6 is 0 Å². The molecule has 12 heavy (non-hydrogen) atoms. The Labute approximate surface area is 73.3 Å². The van der Waals surface area contributed by atoms with Crippen LogP contribution in [-0.4, -0.2) is 20.0 Å². The fourth-order valence-corrected chi connectivity index (χ4v) is 1.52. The summed E-state index contributed by atoms with van der Waals surface area (Å²) in [4.78, 5) is 0. The molecule has 1 aliphatic carbocycles. The Morgan fingerprint density at radius 1 is 1.33 bits per heavy atom. The minimum absolute atomic E-state index is 0.257. The van der Waals surface area contributed by atoms with Gasteiger partial charge in [0.05, 0.1) is 12.2 Å². The van der Waals surface area contributed by atoms with Crippen molar-refractivity contribution in [3.05, 3.63) is 0 Å². The maximum absolute atomic E-state index is 8.64. The van der Waals surface area contributed by atoms with Gasteiger partial charge in [-0.25, -0.2) is 0 Å². The van der Waals surface area contributed by atoms with Crippen molar-refractivity contribution in [3.8, 4) is 6.07 Å². The van der Waals surface area contributed by atoms with Crippen LogP contribution in [0.2, 0.25) is 0 Å². The van der Waals surface area contributed by atoms with Crippen molar-refractivity contribution in [1.82, 2.24) is 0 Å². The summed E-state index contributed by atoms with van der Waals surface area (Å²) in [5.41, 5.74) is 0. The zero-order valence-electron chi connectivity index (χ0n) is 7.45. The van der Waals surface area contributed by atoms with Crippen LogP contribution in [0.25, 0.3) is 0 Å². The van der Waals surface area contributed by atoms with E-state index in [0.717, 1.165) is 25.7 Å². The largest absolute Gasteiger partial charge is 0.359 e. The number of nitrogens with zero attached hydrogens (tertiary/aromatic N) is 1. The molecule has 0 N–H and O–H groups in total. The van der Waals surface area contributed by atoms with Gasteiger partial charge < -0.3 is 9.47 Å². The number of methoxy groups -OCH3 is 1. The molecule has 0 aromatic rings. The Morgan fingerprint density at radius 3 is 2.50 bits per heavy atom. The molecule has 1 rings (SSSR count). The van der Waals surface area contributed by atoms with E-state index in [0.29, 0.717) is 12.9 Å². The van der Waals surface area contributed by atoms with Crippen molar-refractivity contribution in [1.29, 1.82) is 5.26 Å². The standard InChI is InChI=1S/C9H15NO2/c1-11-7-12-9-4-2-8(6-10)3-5-9/h8-9H,2-5,7H2,1H3. The van der Waals surface area contributed by atoms with E-state index in [1.54, 1.807) is 7.11 Å². The molecule has 0 radical (unpaired) electrons. The molecule has 68 valence electrons. The third kappa shape index (κ3) is 2.80. The molecule has 0 amide bonds. The molecule has 0 bridgehead atoms. The van der Waals surface area contributed by atoms with Gasteiger partial charge in [-0.05, 0) is 25.7 Å². The first kappa shape index (κ1) is 9.50. The smallest absolute Gasteiger partial charge is 0.146 e. The average molecular weight is 169 g/mol. The molecular formula is C9H15NO2. The highest BCUT2D eigenvalue weighted by molar-refractivity contribution is 4.87. The Morgan fingerprint density at radius 2 is 2.00 bits per heavy atom. The Hall–Kier alpha value is -0.590. The minimum atomic E-state index is 0.257. The van der Waals surface area contributed by atoms with E-state index in [-0.39, 0.29) is 5.92 Å². The van der Waals surface area contributed by atoms with Gasteiger partial charge in [-0.15, -0.1) is 0 Å². The fourth-order valence-electron chi connectivity index (χ4n) is 1.52. The van der Waals surface area contributed by atoms with Crippen LogP contribution in [0, 0.1) is 17.2 Å². The second-order valence-corrected chi connectivity index (χ2v) is 3.18. The van der Waals surface area contributed by atoms with Crippen molar-refractivity contribution in [3.63, 3.8) is 0 Å². The quantitative estimate of drug-likeness (QED) is 0.604. The number of rotatable bonds is 3. The highest BCUT2D eigenvalue weighted by atomic mass is 16.7. The number of ether oxygens (including phenoxy) is 2. The van der Waals surface area contributed by atoms with E-state index in [4.69, 9.17) is 14.7 Å². The van der Waals surface area contributed by atoms with Crippen LogP contribution in [0.1, 0.15) is 25.7 Å². The van der Waals surface area contributed by atoms with E-state index in [1.807, 2.05) is 0 Å². The lowest BCUT2D eigenvalue weighted by Crippen LogP contribution is -2.21. The van der Waals surface area contributed by atoms with Crippen molar-refractivity contribution in [2.24, 2.45) is 5.92 Å². The molecule has 0 spiro atoms. The highest BCUT2D eigenvalue weighted by Crippen LogP contribution is 2.25. The maximum atomic E-state index is 8.64. The van der Waals surface area contributed by atoms with Gasteiger partial charge in [0.2, 0.25) is 0 Å². The third-order valence-corrected chi connectivity index (χ3v) is 2.28. The van der Waals surface area contributed by atoms with Crippen LogP contribution in [0.4, 0.5) is 0 Å². The van der Waals surface area contributed by atoms with Crippen molar-refractivity contribution < 1.29 is 9.47 Å². The molecule has 3 nitrogen and oxygen atoms in total. The molecule has 0 heterocycles. The van der Waals surface area contributed by atoms with Gasteiger partial charge in [0.15, 0.2) is 0 Å². The predicted octanol–water partition coefficient (Wildman–Crippen LogP) is 1.69. The van der Waals surface area contributed by atoms with E-state index in [1.165, 1.54) is 0 Å². The summed E-state index contributed by atoms with van der Waals surface area (Å²) in [5, 5.41) is 8.64. The van der Waals surface area contributed by atoms with Crippen LogP contribution < -0.4 is 0 Å². The summed E-state index contributed by atoms with van der Waals surface area (Å²) >= 11 is 0. The van der Waals surface area contributed by atoms with Gasteiger partial charge in [-0.1, -0.05) is 0 Å². The first-order valence-corrected chi connectivity index (χ1v) is 4.37. The molecule has 0 aliphatic heterocycles. The van der Waals surface area contributed by atoms with Crippen molar-refractivity contribution >= 4 is 0 Å². The van der Waals surface area contributed by atoms with Crippen LogP contribution in [0.15, 0.2) is 0 Å². The first-order valence-electron chi connectivity index (χ1n) is 4.37. The van der Waals surface area contributed by atoms with E-state index in [9.17, 15) is 0 Å². The van der Waals surface area contributed by atoms with E-state index in [2.05, 4.69) is 6.07 Å². The summed E-state index contributed by atoms with van der Waals surface area (Å²) in [6, 6.07) is 2.29. The molecule has 1 fully saturated rings. The average Bonchev–Trinajstić information content (AvgIpc) is 2.15. The minimum Gasteiger partial charge on any atom is -0.359 e. The Balaban J connectivity index is 2.14. The number of nitriles is 1. The van der Waals surface area contributed by atoms with Crippen LogP contribution in [-0.2, 0) is 9.47 Å². The van der Waals surface area contributed by atoms with Gasteiger partial charge in [-0.3, -0.25) is 0 Å². The Bertz CT molecular complexity index is 156. The summed E-state index contributed by atoms with van der Waals surface area (Å²) in [6.45, 7) is 0.377. The van der Waals surface area contributed by atoms with Gasteiger partial charge >= 0.3 is 0 Å². The summed E-state index contributed by atoms with van der Waals surface area (Å²) in [5.74, 6) is 0.257. The molecule has 1 saturated carbocycles. The highest BCUT2D eigenvalue weighted by Gasteiger charge is 2.20. The molecule has 0 aromatic heterocycles. The van der Waals surface area contributed by atoms with Gasteiger partial charge in [-0.2, -0.15) is 5.26 Å². The summed E-state index contributed by atoms with van der Waals surface area (Å²) in [6.07, 6.45) is 4.27. The normalized spacial score (nSPS) is 29.7. The topological polar surface area (TPSA) is 42.2 Å². The van der Waals surface area contributed by atoms with Gasteiger partial charge in [0.1, 0.15) is 6.79 Å². The molecule has 0 atom stereocenters. The lowest BCUT2D eigenvalue weighted by atomic mass is 9.88. The predicted molar refractivity (Wildman–Crippen MR) is 44.3 cm³/mol.